The Morgan fingerprint density at radius 3 is 2.29 bits per heavy atom. The van der Waals surface area contributed by atoms with E-state index in [9.17, 15) is 29.2 Å². The van der Waals surface area contributed by atoms with E-state index in [-0.39, 0.29) is 18.6 Å². The van der Waals surface area contributed by atoms with Gasteiger partial charge in [0.25, 0.3) is 0 Å². The highest BCUT2D eigenvalue weighted by atomic mass is 19.1. The van der Waals surface area contributed by atoms with Gasteiger partial charge >= 0.3 is 0 Å². The number of hydrogen-bond acceptors (Lipinski definition) is 6. The lowest BCUT2D eigenvalue weighted by Gasteiger charge is -2.30. The molecule has 0 heterocycles. The number of benzene rings is 1. The smallest absolute Gasteiger partial charge is 0.131 e. The lowest BCUT2D eigenvalue weighted by Crippen LogP contribution is -2.50. The largest absolute Gasteiger partial charge is 0.394 e. The summed E-state index contributed by atoms with van der Waals surface area (Å²) in [6.45, 7) is 2.35. The van der Waals surface area contributed by atoms with Crippen molar-refractivity contribution in [3.05, 3.63) is 48.1 Å². The molecule has 0 bridgehead atoms. The molecule has 5 atom stereocenters. The van der Waals surface area contributed by atoms with Crippen molar-refractivity contribution in [3.63, 3.8) is 0 Å². The second kappa shape index (κ2) is 9.77. The molecule has 1 aromatic rings. The number of ether oxygens (including phenoxy) is 1. The van der Waals surface area contributed by atoms with Crippen molar-refractivity contribution >= 4 is 0 Å². The molecule has 0 saturated carbocycles. The van der Waals surface area contributed by atoms with Gasteiger partial charge in [0.1, 0.15) is 36.1 Å². The molecule has 0 radical (unpaired) electrons. The van der Waals surface area contributed by atoms with Gasteiger partial charge in [-0.3, -0.25) is 0 Å². The molecule has 0 spiro atoms. The average Bonchev–Trinajstić information content (AvgIpc) is 2.57. The Morgan fingerprint density at radius 2 is 1.75 bits per heavy atom. The predicted octanol–water partition coefficient (Wildman–Crippen LogP) is -0.138. The van der Waals surface area contributed by atoms with Crippen molar-refractivity contribution < 1.29 is 39.1 Å². The highest BCUT2D eigenvalue weighted by molar-refractivity contribution is 5.17. The molecule has 0 fully saturated rings. The normalized spacial score (nSPS) is 17.8. The first kappa shape index (κ1) is 20.6. The molecule has 1 aromatic carbocycles. The summed E-state index contributed by atoms with van der Waals surface area (Å²) in [5, 5.41) is 47.7. The second-order valence-electron chi connectivity index (χ2n) is 5.33. The van der Waals surface area contributed by atoms with Crippen LogP contribution in [0.1, 0.15) is 12.0 Å². The zero-order valence-corrected chi connectivity index (χ0v) is 12.9. The van der Waals surface area contributed by atoms with Gasteiger partial charge in [0.15, 0.2) is 0 Å². The van der Waals surface area contributed by atoms with E-state index in [1.165, 1.54) is 12.1 Å². The summed E-state index contributed by atoms with van der Waals surface area (Å²) in [7, 11) is 0. The standard InChI is InChI=1S/C16H22F2O6/c1-2-3-13(15(22)16(23)14(21)12(20)7-19)24-8-9-4-5-10(17)6-11(9)18/h2,4-6,12-16,19-23H,1,3,7-8H2. The molecule has 24 heavy (non-hydrogen) atoms. The van der Waals surface area contributed by atoms with Crippen LogP contribution in [-0.4, -0.2) is 62.7 Å². The third-order valence-electron chi connectivity index (χ3n) is 3.53. The number of aliphatic hydroxyl groups excluding tert-OH is 5. The molecule has 0 amide bonds. The van der Waals surface area contributed by atoms with Gasteiger partial charge in [-0.05, 0) is 12.5 Å². The fraction of sp³-hybridized carbons (Fsp3) is 0.500. The van der Waals surface area contributed by atoms with Gasteiger partial charge in [0.2, 0.25) is 0 Å². The molecule has 0 aromatic heterocycles. The first-order valence-corrected chi connectivity index (χ1v) is 7.31. The molecular weight excluding hydrogens is 326 g/mol. The molecule has 5 N–H and O–H groups in total. The van der Waals surface area contributed by atoms with Gasteiger partial charge < -0.3 is 30.3 Å². The Hall–Kier alpha value is -1.42. The molecule has 8 heteroatoms. The van der Waals surface area contributed by atoms with Crippen molar-refractivity contribution in [2.24, 2.45) is 0 Å². The summed E-state index contributed by atoms with van der Waals surface area (Å²) >= 11 is 0. The molecule has 1 rings (SSSR count). The Kier molecular flexibility index (Phi) is 8.40. The van der Waals surface area contributed by atoms with Crippen LogP contribution in [0.25, 0.3) is 0 Å². The Labute approximate surface area is 138 Å². The van der Waals surface area contributed by atoms with Crippen LogP contribution in [0.5, 0.6) is 0 Å². The Balaban J connectivity index is 2.76. The van der Waals surface area contributed by atoms with E-state index < -0.39 is 48.8 Å². The third kappa shape index (κ3) is 5.59. The molecular formula is C16H22F2O6. The van der Waals surface area contributed by atoms with Crippen LogP contribution in [-0.2, 0) is 11.3 Å². The second-order valence-corrected chi connectivity index (χ2v) is 5.33. The van der Waals surface area contributed by atoms with Gasteiger partial charge in [-0.1, -0.05) is 12.1 Å². The molecule has 136 valence electrons. The fourth-order valence-corrected chi connectivity index (χ4v) is 2.06. The maximum atomic E-state index is 13.6. The van der Waals surface area contributed by atoms with Gasteiger partial charge in [-0.25, -0.2) is 8.78 Å². The summed E-state index contributed by atoms with van der Waals surface area (Å²) in [6, 6.07) is 2.92. The number of hydrogen-bond donors (Lipinski definition) is 5. The lowest BCUT2D eigenvalue weighted by atomic mass is 9.97. The van der Waals surface area contributed by atoms with Crippen LogP contribution >= 0.6 is 0 Å². The van der Waals surface area contributed by atoms with Gasteiger partial charge in [0, 0.05) is 11.6 Å². The van der Waals surface area contributed by atoms with Gasteiger partial charge in [0.05, 0.1) is 19.3 Å². The van der Waals surface area contributed by atoms with Crippen LogP contribution in [0.2, 0.25) is 0 Å². The van der Waals surface area contributed by atoms with Crippen molar-refractivity contribution in [1.82, 2.24) is 0 Å². The van der Waals surface area contributed by atoms with E-state index in [4.69, 9.17) is 9.84 Å². The average molecular weight is 348 g/mol. The third-order valence-corrected chi connectivity index (χ3v) is 3.53. The Bertz CT molecular complexity index is 527. The van der Waals surface area contributed by atoms with E-state index in [0.717, 1.165) is 6.07 Å². The van der Waals surface area contributed by atoms with Crippen LogP contribution in [0, 0.1) is 11.6 Å². The van der Waals surface area contributed by atoms with E-state index in [1.807, 2.05) is 0 Å². The van der Waals surface area contributed by atoms with E-state index in [1.54, 1.807) is 0 Å². The number of rotatable bonds is 10. The van der Waals surface area contributed by atoms with Crippen molar-refractivity contribution in [1.29, 1.82) is 0 Å². The summed E-state index contributed by atoms with van der Waals surface area (Å²) in [5.41, 5.74) is 0.0445. The fourth-order valence-electron chi connectivity index (χ4n) is 2.06. The summed E-state index contributed by atoms with van der Waals surface area (Å²) < 4.78 is 31.8. The molecule has 0 aliphatic carbocycles. The minimum atomic E-state index is -1.81. The Morgan fingerprint density at radius 1 is 1.08 bits per heavy atom. The quantitative estimate of drug-likeness (QED) is 0.377. The first-order valence-electron chi connectivity index (χ1n) is 7.31. The topological polar surface area (TPSA) is 110 Å². The van der Waals surface area contributed by atoms with E-state index >= 15 is 0 Å². The zero-order chi connectivity index (χ0) is 18.3. The summed E-state index contributed by atoms with van der Waals surface area (Å²) in [6.07, 6.45) is -6.52. The SMILES string of the molecule is C=CCC(OCc1ccc(F)cc1F)C(O)C(O)C(O)C(O)CO. The van der Waals surface area contributed by atoms with Crippen LogP contribution < -0.4 is 0 Å². The summed E-state index contributed by atoms with van der Waals surface area (Å²) in [4.78, 5) is 0. The minimum absolute atomic E-state index is 0.0445. The predicted molar refractivity (Wildman–Crippen MR) is 80.9 cm³/mol. The van der Waals surface area contributed by atoms with Crippen LogP contribution in [0.15, 0.2) is 30.9 Å². The van der Waals surface area contributed by atoms with Gasteiger partial charge in [-0.2, -0.15) is 0 Å². The van der Waals surface area contributed by atoms with E-state index in [2.05, 4.69) is 6.58 Å². The summed E-state index contributed by atoms with van der Waals surface area (Å²) in [5.74, 6) is -1.56. The monoisotopic (exact) mass is 348 g/mol. The molecule has 6 nitrogen and oxygen atoms in total. The highest BCUT2D eigenvalue weighted by Gasteiger charge is 2.34. The maximum absolute atomic E-state index is 13.6. The lowest BCUT2D eigenvalue weighted by molar-refractivity contribution is -0.152. The molecule has 0 aliphatic heterocycles. The number of aliphatic hydroxyl groups is 5. The van der Waals surface area contributed by atoms with Gasteiger partial charge in [-0.15, -0.1) is 6.58 Å². The van der Waals surface area contributed by atoms with E-state index in [0.29, 0.717) is 6.07 Å². The van der Waals surface area contributed by atoms with Crippen molar-refractivity contribution in [3.8, 4) is 0 Å². The maximum Gasteiger partial charge on any atom is 0.131 e. The molecule has 0 aliphatic rings. The molecule has 5 unspecified atom stereocenters. The molecule has 0 saturated heterocycles. The van der Waals surface area contributed by atoms with Crippen LogP contribution in [0.4, 0.5) is 8.78 Å². The minimum Gasteiger partial charge on any atom is -0.394 e. The van der Waals surface area contributed by atoms with Crippen LogP contribution in [0.3, 0.4) is 0 Å². The van der Waals surface area contributed by atoms with Crippen molar-refractivity contribution in [2.45, 2.75) is 43.5 Å². The van der Waals surface area contributed by atoms with Crippen molar-refractivity contribution in [2.75, 3.05) is 6.61 Å². The first-order chi connectivity index (χ1) is 11.3. The highest BCUT2D eigenvalue weighted by Crippen LogP contribution is 2.17. The zero-order valence-electron chi connectivity index (χ0n) is 12.9. The number of halogens is 2.